The van der Waals surface area contributed by atoms with Crippen LogP contribution in [0.5, 0.6) is 0 Å². The van der Waals surface area contributed by atoms with E-state index in [0.717, 1.165) is 0 Å². The lowest BCUT2D eigenvalue weighted by Gasteiger charge is -2.27. The maximum atomic E-state index is 12.2. The second-order valence-corrected chi connectivity index (χ2v) is 3.22. The zero-order chi connectivity index (χ0) is 6.15. The van der Waals surface area contributed by atoms with E-state index < -0.39 is 17.2 Å². The van der Waals surface area contributed by atoms with Crippen LogP contribution in [0.1, 0.15) is 12.8 Å². The van der Waals surface area contributed by atoms with Gasteiger partial charge < -0.3 is 0 Å². The van der Waals surface area contributed by atoms with Crippen molar-refractivity contribution in [1.29, 1.82) is 0 Å². The second-order valence-electron chi connectivity index (χ2n) is 1.96. The molecule has 2 N–H and O–H groups in total. The fourth-order valence-corrected chi connectivity index (χ4v) is 1.49. The van der Waals surface area contributed by atoms with Gasteiger partial charge in [0.05, 0.1) is 16.2 Å². The molecule has 1 aliphatic carbocycles. The van der Waals surface area contributed by atoms with Gasteiger partial charge in [0.2, 0.25) is 0 Å². The summed E-state index contributed by atoms with van der Waals surface area (Å²) in [6.07, 6.45) is 0.318. The van der Waals surface area contributed by atoms with Crippen molar-refractivity contribution in [1.82, 2.24) is 0 Å². The second kappa shape index (κ2) is 2.11. The van der Waals surface area contributed by atoms with Crippen LogP contribution in [0, 0.1) is 0 Å². The van der Waals surface area contributed by atoms with Crippen LogP contribution in [0.3, 0.4) is 0 Å². The molecule has 4 heteroatoms. The normalized spacial score (nSPS) is 40.8. The molecule has 0 aromatic rings. The third kappa shape index (κ3) is 0.902. The summed E-state index contributed by atoms with van der Waals surface area (Å²) in [5.74, 6) is 0. The van der Waals surface area contributed by atoms with Crippen LogP contribution in [0.15, 0.2) is 0 Å². The van der Waals surface area contributed by atoms with Gasteiger partial charge in [0.25, 0.3) is 0 Å². The number of nitrogens with two attached hydrogens (primary N) is 1. The Morgan fingerprint density at radius 1 is 1.62 bits per heavy atom. The summed E-state index contributed by atoms with van der Waals surface area (Å²) in [5, 5.41) is 4.55. The predicted octanol–water partition coefficient (Wildman–Crippen LogP) is 0.109. The Hall–Kier alpha value is 0.0400. The molecule has 0 heterocycles. The van der Waals surface area contributed by atoms with Crippen LogP contribution < -0.4 is 5.14 Å². The van der Waals surface area contributed by atoms with Gasteiger partial charge in [-0.25, -0.2) is 8.60 Å². The molecule has 0 aliphatic heterocycles. The minimum Gasteiger partial charge on any atom is -0.251 e. The Morgan fingerprint density at radius 3 is 2.25 bits per heavy atom. The summed E-state index contributed by atoms with van der Waals surface area (Å²) >= 11 is 0. The molecule has 0 spiro atoms. The molecule has 1 fully saturated rings. The largest absolute Gasteiger partial charge is 0.251 e. The highest BCUT2D eigenvalue weighted by Crippen LogP contribution is 2.26. The molecule has 2 nitrogen and oxygen atoms in total. The molecule has 1 unspecified atom stereocenters. The van der Waals surface area contributed by atoms with Crippen molar-refractivity contribution in [2.24, 2.45) is 5.14 Å². The van der Waals surface area contributed by atoms with E-state index >= 15 is 0 Å². The average Bonchev–Trinajstić information content (AvgIpc) is 1.61. The van der Waals surface area contributed by atoms with Gasteiger partial charge in [0.1, 0.15) is 6.17 Å². The van der Waals surface area contributed by atoms with Crippen molar-refractivity contribution < 1.29 is 8.60 Å². The highest BCUT2D eigenvalue weighted by Gasteiger charge is 2.34. The van der Waals surface area contributed by atoms with Crippen LogP contribution in [-0.4, -0.2) is 15.6 Å². The molecule has 0 bridgehead atoms. The first kappa shape index (κ1) is 6.16. The summed E-state index contributed by atoms with van der Waals surface area (Å²) in [6, 6.07) is 0. The number of alkyl halides is 1. The van der Waals surface area contributed by atoms with Gasteiger partial charge in [-0.05, 0) is 12.8 Å². The fraction of sp³-hybridized carbons (Fsp3) is 1.00. The first-order chi connectivity index (χ1) is 3.72. The summed E-state index contributed by atoms with van der Waals surface area (Å²) in [4.78, 5) is 0. The van der Waals surface area contributed by atoms with E-state index in [1.54, 1.807) is 0 Å². The molecule has 1 aliphatic rings. The summed E-state index contributed by atoms with van der Waals surface area (Å²) in [6.45, 7) is 0. The van der Waals surface area contributed by atoms with Gasteiger partial charge in [-0.2, -0.15) is 0 Å². The Morgan fingerprint density at radius 2 is 2.25 bits per heavy atom. The summed E-state index contributed by atoms with van der Waals surface area (Å²) in [5.41, 5.74) is 0. The predicted molar refractivity (Wildman–Crippen MR) is 30.2 cm³/mol. The zero-order valence-electron chi connectivity index (χ0n) is 4.34. The fourth-order valence-electron chi connectivity index (χ4n) is 0.690. The monoisotopic (exact) mass is 137 g/mol. The molecule has 48 valence electrons. The highest BCUT2D eigenvalue weighted by molar-refractivity contribution is 7.83. The van der Waals surface area contributed by atoms with E-state index in [0.29, 0.717) is 12.8 Å². The minimum absolute atomic E-state index is 0.366. The molecular weight excluding hydrogens is 129 g/mol. The third-order valence-corrected chi connectivity index (χ3v) is 2.56. The third-order valence-electron chi connectivity index (χ3n) is 1.43. The molecule has 1 saturated carbocycles. The van der Waals surface area contributed by atoms with Crippen LogP contribution in [0.25, 0.3) is 0 Å². The van der Waals surface area contributed by atoms with E-state index in [9.17, 15) is 8.60 Å². The van der Waals surface area contributed by atoms with E-state index in [4.69, 9.17) is 5.14 Å². The van der Waals surface area contributed by atoms with Crippen LogP contribution in [0.2, 0.25) is 0 Å². The SMILES string of the molecule is NS(=O)[C@@H]1CC[C@@H]1F. The van der Waals surface area contributed by atoms with Crippen molar-refractivity contribution in [2.45, 2.75) is 24.3 Å². The summed E-state index contributed by atoms with van der Waals surface area (Å²) in [7, 11) is -1.43. The Kier molecular flexibility index (Phi) is 1.62. The maximum Gasteiger partial charge on any atom is 0.116 e. The molecule has 8 heavy (non-hydrogen) atoms. The highest BCUT2D eigenvalue weighted by atomic mass is 32.2. The van der Waals surface area contributed by atoms with Crippen LogP contribution in [-0.2, 0) is 11.0 Å². The van der Waals surface area contributed by atoms with Crippen molar-refractivity contribution >= 4 is 11.0 Å². The van der Waals surface area contributed by atoms with Crippen molar-refractivity contribution in [2.75, 3.05) is 0 Å². The first-order valence-corrected chi connectivity index (χ1v) is 3.78. The lowest BCUT2D eigenvalue weighted by Crippen LogP contribution is -2.39. The smallest absolute Gasteiger partial charge is 0.116 e. The van der Waals surface area contributed by atoms with Crippen molar-refractivity contribution in [3.8, 4) is 0 Å². The standard InChI is InChI=1S/C4H8FNOS/c5-3-1-2-4(3)8(6)7/h3-4H,1-2,6H2/t3-,4+,8?/m0/s1. The van der Waals surface area contributed by atoms with Gasteiger partial charge >= 0.3 is 0 Å². The first-order valence-electron chi connectivity index (χ1n) is 2.51. The number of halogens is 1. The molecule has 0 aromatic carbocycles. The Balaban J connectivity index is 2.37. The molecule has 1 rings (SSSR count). The Bertz CT molecular complexity index is 119. The topological polar surface area (TPSA) is 43.1 Å². The molecular formula is C4H8FNOS. The van der Waals surface area contributed by atoms with Gasteiger partial charge in [-0.15, -0.1) is 0 Å². The van der Waals surface area contributed by atoms with E-state index in [1.807, 2.05) is 0 Å². The molecule has 0 saturated heterocycles. The average molecular weight is 137 g/mol. The molecule has 0 aromatic heterocycles. The molecule has 0 amide bonds. The van der Waals surface area contributed by atoms with Crippen molar-refractivity contribution in [3.63, 3.8) is 0 Å². The van der Waals surface area contributed by atoms with Gasteiger partial charge in [0.15, 0.2) is 0 Å². The van der Waals surface area contributed by atoms with Gasteiger partial charge in [0, 0.05) is 0 Å². The van der Waals surface area contributed by atoms with Crippen LogP contribution in [0.4, 0.5) is 4.39 Å². The quantitative estimate of drug-likeness (QED) is 0.547. The summed E-state index contributed by atoms with van der Waals surface area (Å²) < 4.78 is 22.4. The van der Waals surface area contributed by atoms with E-state index in [-0.39, 0.29) is 5.25 Å². The minimum atomic E-state index is -1.43. The van der Waals surface area contributed by atoms with Gasteiger partial charge in [-0.3, -0.25) is 5.14 Å². The van der Waals surface area contributed by atoms with Crippen molar-refractivity contribution in [3.05, 3.63) is 0 Å². The zero-order valence-corrected chi connectivity index (χ0v) is 5.16. The number of rotatable bonds is 1. The molecule has 0 radical (unpaired) electrons. The van der Waals surface area contributed by atoms with Gasteiger partial charge in [-0.1, -0.05) is 0 Å². The lowest BCUT2D eigenvalue weighted by molar-refractivity contribution is 0.218. The van der Waals surface area contributed by atoms with Crippen LogP contribution >= 0.6 is 0 Å². The molecule has 3 atom stereocenters. The van der Waals surface area contributed by atoms with E-state index in [1.165, 1.54) is 0 Å². The number of hydrogen-bond acceptors (Lipinski definition) is 1. The lowest BCUT2D eigenvalue weighted by atomic mass is 9.97. The Labute approximate surface area is 49.8 Å². The maximum absolute atomic E-state index is 12.2. The van der Waals surface area contributed by atoms with E-state index in [2.05, 4.69) is 0 Å². The number of hydrogen-bond donors (Lipinski definition) is 1.